The Morgan fingerprint density at radius 1 is 1.14 bits per heavy atom. The van der Waals surface area contributed by atoms with E-state index in [0.29, 0.717) is 12.0 Å². The molecule has 0 bridgehead atoms. The van der Waals surface area contributed by atoms with Gasteiger partial charge >= 0.3 is 0 Å². The van der Waals surface area contributed by atoms with E-state index in [1.54, 1.807) is 14.2 Å². The van der Waals surface area contributed by atoms with Crippen LogP contribution in [-0.2, 0) is 0 Å². The fourth-order valence-corrected chi connectivity index (χ4v) is 3.83. The Kier molecular flexibility index (Phi) is 6.37. The molecule has 1 aromatic carbocycles. The molecule has 3 nitrogen and oxygen atoms in total. The standard InChI is InChI=1S/C17H26BrNO2/c1-4-19-17(12-8-6-5-7-9-12)13-10-16(21-3)14(18)11-15(13)20-2/h10-12,17,19H,4-9H2,1-3H3. The van der Waals surface area contributed by atoms with Crippen molar-refractivity contribution in [1.29, 1.82) is 0 Å². The second-order valence-corrected chi connectivity index (χ2v) is 6.52. The van der Waals surface area contributed by atoms with Gasteiger partial charge in [0, 0.05) is 11.6 Å². The van der Waals surface area contributed by atoms with Gasteiger partial charge in [0.1, 0.15) is 11.5 Å². The molecule has 1 fully saturated rings. The number of halogens is 1. The van der Waals surface area contributed by atoms with E-state index in [0.717, 1.165) is 22.5 Å². The quantitative estimate of drug-likeness (QED) is 0.802. The second-order valence-electron chi connectivity index (χ2n) is 5.66. The van der Waals surface area contributed by atoms with Crippen molar-refractivity contribution >= 4 is 15.9 Å². The van der Waals surface area contributed by atoms with Gasteiger partial charge < -0.3 is 14.8 Å². The molecule has 21 heavy (non-hydrogen) atoms. The summed E-state index contributed by atoms with van der Waals surface area (Å²) >= 11 is 3.54. The minimum Gasteiger partial charge on any atom is -0.496 e. The lowest BCUT2D eigenvalue weighted by molar-refractivity contribution is 0.267. The summed E-state index contributed by atoms with van der Waals surface area (Å²) in [6.07, 6.45) is 6.62. The summed E-state index contributed by atoms with van der Waals surface area (Å²) in [5.41, 5.74) is 1.21. The average molecular weight is 356 g/mol. The minimum absolute atomic E-state index is 0.340. The van der Waals surface area contributed by atoms with Crippen LogP contribution in [0.3, 0.4) is 0 Å². The van der Waals surface area contributed by atoms with E-state index < -0.39 is 0 Å². The van der Waals surface area contributed by atoms with Crippen molar-refractivity contribution in [3.8, 4) is 11.5 Å². The van der Waals surface area contributed by atoms with Crippen LogP contribution < -0.4 is 14.8 Å². The van der Waals surface area contributed by atoms with Crippen molar-refractivity contribution in [2.75, 3.05) is 20.8 Å². The smallest absolute Gasteiger partial charge is 0.133 e. The van der Waals surface area contributed by atoms with Crippen molar-refractivity contribution < 1.29 is 9.47 Å². The van der Waals surface area contributed by atoms with Gasteiger partial charge in [0.2, 0.25) is 0 Å². The fourth-order valence-electron chi connectivity index (χ4n) is 3.35. The third-order valence-corrected chi connectivity index (χ3v) is 5.00. The molecule has 1 N–H and O–H groups in total. The predicted octanol–water partition coefficient (Wildman–Crippen LogP) is 4.70. The van der Waals surface area contributed by atoms with Crippen LogP contribution in [0.1, 0.15) is 50.6 Å². The van der Waals surface area contributed by atoms with Gasteiger partial charge in [0.05, 0.1) is 18.7 Å². The molecule has 1 atom stereocenters. The SMILES string of the molecule is CCNC(c1cc(OC)c(Br)cc1OC)C1CCCCC1. The summed E-state index contributed by atoms with van der Waals surface area (Å²) in [5, 5.41) is 3.66. The summed E-state index contributed by atoms with van der Waals surface area (Å²) in [7, 11) is 3.45. The van der Waals surface area contributed by atoms with Gasteiger partial charge in [0.15, 0.2) is 0 Å². The lowest BCUT2D eigenvalue weighted by Gasteiger charge is -2.32. The van der Waals surface area contributed by atoms with E-state index in [9.17, 15) is 0 Å². The van der Waals surface area contributed by atoms with Gasteiger partial charge in [-0.15, -0.1) is 0 Å². The fraction of sp³-hybridized carbons (Fsp3) is 0.647. The lowest BCUT2D eigenvalue weighted by Crippen LogP contribution is -2.30. The van der Waals surface area contributed by atoms with Gasteiger partial charge in [-0.25, -0.2) is 0 Å². The average Bonchev–Trinajstić information content (AvgIpc) is 2.53. The van der Waals surface area contributed by atoms with Crippen molar-refractivity contribution in [1.82, 2.24) is 5.32 Å². The number of hydrogen-bond donors (Lipinski definition) is 1. The highest BCUT2D eigenvalue weighted by molar-refractivity contribution is 9.10. The van der Waals surface area contributed by atoms with Gasteiger partial charge in [-0.3, -0.25) is 0 Å². The highest BCUT2D eigenvalue weighted by Gasteiger charge is 2.27. The second kappa shape index (κ2) is 8.04. The molecular formula is C17H26BrNO2. The first-order valence-corrected chi connectivity index (χ1v) is 8.65. The van der Waals surface area contributed by atoms with Gasteiger partial charge in [-0.1, -0.05) is 26.2 Å². The molecule has 0 aromatic heterocycles. The van der Waals surface area contributed by atoms with Crippen LogP contribution in [0.5, 0.6) is 11.5 Å². The van der Waals surface area contributed by atoms with Crippen molar-refractivity contribution in [2.24, 2.45) is 5.92 Å². The Balaban J connectivity index is 2.37. The van der Waals surface area contributed by atoms with E-state index in [1.807, 2.05) is 6.07 Å². The number of methoxy groups -OCH3 is 2. The molecule has 1 aliphatic carbocycles. The summed E-state index contributed by atoms with van der Waals surface area (Å²) in [4.78, 5) is 0. The van der Waals surface area contributed by atoms with Crippen molar-refractivity contribution in [3.63, 3.8) is 0 Å². The third kappa shape index (κ3) is 3.92. The van der Waals surface area contributed by atoms with Crippen LogP contribution in [0.2, 0.25) is 0 Å². The van der Waals surface area contributed by atoms with Gasteiger partial charge in [-0.05, 0) is 53.4 Å². The van der Waals surface area contributed by atoms with Crippen LogP contribution in [0.4, 0.5) is 0 Å². The summed E-state index contributed by atoms with van der Waals surface area (Å²) in [6, 6.07) is 4.47. The zero-order valence-corrected chi connectivity index (χ0v) is 14.8. The summed E-state index contributed by atoms with van der Waals surface area (Å²) in [6.45, 7) is 3.13. The molecule has 118 valence electrons. The lowest BCUT2D eigenvalue weighted by atomic mass is 9.80. The van der Waals surface area contributed by atoms with E-state index in [1.165, 1.54) is 37.7 Å². The predicted molar refractivity (Wildman–Crippen MR) is 90.2 cm³/mol. The Morgan fingerprint density at radius 3 is 2.38 bits per heavy atom. The summed E-state index contributed by atoms with van der Waals surface area (Å²) in [5.74, 6) is 2.47. The van der Waals surface area contributed by atoms with E-state index >= 15 is 0 Å². The number of ether oxygens (including phenoxy) is 2. The molecule has 1 aliphatic rings. The van der Waals surface area contributed by atoms with Crippen LogP contribution in [-0.4, -0.2) is 20.8 Å². The first kappa shape index (κ1) is 16.6. The van der Waals surface area contributed by atoms with Crippen LogP contribution >= 0.6 is 15.9 Å². The first-order chi connectivity index (χ1) is 10.2. The zero-order valence-electron chi connectivity index (χ0n) is 13.2. The van der Waals surface area contributed by atoms with E-state index in [4.69, 9.17) is 9.47 Å². The van der Waals surface area contributed by atoms with Gasteiger partial charge in [-0.2, -0.15) is 0 Å². The molecule has 4 heteroatoms. The minimum atomic E-state index is 0.340. The summed E-state index contributed by atoms with van der Waals surface area (Å²) < 4.78 is 12.0. The highest BCUT2D eigenvalue weighted by atomic mass is 79.9. The molecule has 0 aliphatic heterocycles. The number of hydrogen-bond acceptors (Lipinski definition) is 3. The Hall–Kier alpha value is -0.740. The molecule has 1 saturated carbocycles. The molecular weight excluding hydrogens is 330 g/mol. The van der Waals surface area contributed by atoms with Gasteiger partial charge in [0.25, 0.3) is 0 Å². The highest BCUT2D eigenvalue weighted by Crippen LogP contribution is 2.41. The maximum absolute atomic E-state index is 5.62. The Bertz CT molecular complexity index is 458. The topological polar surface area (TPSA) is 30.5 Å². The van der Waals surface area contributed by atoms with Crippen molar-refractivity contribution in [2.45, 2.75) is 45.1 Å². The Morgan fingerprint density at radius 2 is 1.81 bits per heavy atom. The zero-order chi connectivity index (χ0) is 15.2. The molecule has 0 saturated heterocycles. The van der Waals surface area contributed by atoms with Crippen LogP contribution in [0.25, 0.3) is 0 Å². The number of benzene rings is 1. The normalized spacial score (nSPS) is 17.5. The van der Waals surface area contributed by atoms with E-state index in [2.05, 4.69) is 34.2 Å². The largest absolute Gasteiger partial charge is 0.496 e. The first-order valence-electron chi connectivity index (χ1n) is 7.86. The van der Waals surface area contributed by atoms with E-state index in [-0.39, 0.29) is 0 Å². The molecule has 2 rings (SSSR count). The van der Waals surface area contributed by atoms with Crippen LogP contribution in [0, 0.1) is 5.92 Å². The molecule has 0 radical (unpaired) electrons. The molecule has 0 amide bonds. The number of rotatable bonds is 6. The third-order valence-electron chi connectivity index (χ3n) is 4.38. The monoisotopic (exact) mass is 355 g/mol. The molecule has 1 aromatic rings. The maximum atomic E-state index is 5.62. The Labute approximate surface area is 136 Å². The van der Waals surface area contributed by atoms with Crippen molar-refractivity contribution in [3.05, 3.63) is 22.2 Å². The molecule has 0 spiro atoms. The number of nitrogens with one attached hydrogen (secondary N) is 1. The molecule has 1 unspecified atom stereocenters. The maximum Gasteiger partial charge on any atom is 0.133 e. The molecule has 0 heterocycles. The van der Waals surface area contributed by atoms with Crippen LogP contribution in [0.15, 0.2) is 16.6 Å².